The molecular formula is C5H10ClNO4S. The summed E-state index contributed by atoms with van der Waals surface area (Å²) in [7, 11) is 0.867. The van der Waals surface area contributed by atoms with Crippen molar-refractivity contribution < 1.29 is 17.9 Å². The van der Waals surface area contributed by atoms with Gasteiger partial charge in [0, 0.05) is 10.7 Å². The number of hydrogen-bond acceptors (Lipinski definition) is 4. The van der Waals surface area contributed by atoms with Crippen molar-refractivity contribution in [1.29, 1.82) is 0 Å². The first-order valence-corrected chi connectivity index (χ1v) is 5.56. The van der Waals surface area contributed by atoms with Crippen molar-refractivity contribution in [1.82, 2.24) is 0 Å². The Bertz CT molecular complexity index is 240. The molecule has 7 heteroatoms. The first-order valence-electron chi connectivity index (χ1n) is 3.29. The van der Waals surface area contributed by atoms with Crippen LogP contribution in [-0.2, 0) is 18.7 Å². The summed E-state index contributed by atoms with van der Waals surface area (Å²) in [5.74, 6) is 0. The van der Waals surface area contributed by atoms with Crippen LogP contribution in [0.5, 0.6) is 0 Å². The zero-order valence-electron chi connectivity index (χ0n) is 6.78. The quantitative estimate of drug-likeness (QED) is 0.399. The van der Waals surface area contributed by atoms with Gasteiger partial charge in [0.25, 0.3) is 0 Å². The molecule has 0 bridgehead atoms. The Labute approximate surface area is 75.9 Å². The van der Waals surface area contributed by atoms with Gasteiger partial charge in [-0.05, 0) is 13.8 Å². The highest BCUT2D eigenvalue weighted by Gasteiger charge is 2.07. The van der Waals surface area contributed by atoms with Gasteiger partial charge in [-0.2, -0.15) is 8.42 Å². The van der Waals surface area contributed by atoms with E-state index in [0.29, 0.717) is 0 Å². The predicted octanol–water partition coefficient (Wildman–Crippen LogP) is 0.899. The molecule has 0 fully saturated rings. The van der Waals surface area contributed by atoms with Crippen LogP contribution in [0.3, 0.4) is 0 Å². The standard InChI is InChI=1S/C5H10ClNO4S/c1-3-10-5(11-4-2)7-12(6,8)9/h3-4H2,1-2H3. The van der Waals surface area contributed by atoms with E-state index in [1.807, 2.05) is 0 Å². The molecule has 72 valence electrons. The van der Waals surface area contributed by atoms with Crippen LogP contribution in [0.25, 0.3) is 0 Å². The first kappa shape index (κ1) is 11.5. The molecule has 12 heavy (non-hydrogen) atoms. The maximum Gasteiger partial charge on any atom is 0.400 e. The van der Waals surface area contributed by atoms with Gasteiger partial charge < -0.3 is 9.47 Å². The summed E-state index contributed by atoms with van der Waals surface area (Å²) >= 11 is 0. The average molecular weight is 216 g/mol. The summed E-state index contributed by atoms with van der Waals surface area (Å²) in [5.41, 5.74) is 0. The van der Waals surface area contributed by atoms with Crippen molar-refractivity contribution in [3.63, 3.8) is 0 Å². The Morgan fingerprint density at radius 3 is 2.00 bits per heavy atom. The summed E-state index contributed by atoms with van der Waals surface area (Å²) < 4.78 is 33.3. The average Bonchev–Trinajstić information content (AvgIpc) is 1.84. The highest BCUT2D eigenvalue weighted by atomic mass is 35.7. The lowest BCUT2D eigenvalue weighted by atomic mass is 10.8. The highest BCUT2D eigenvalue weighted by molar-refractivity contribution is 8.12. The molecule has 0 rings (SSSR count). The van der Waals surface area contributed by atoms with Crippen LogP contribution in [0.1, 0.15) is 13.8 Å². The summed E-state index contributed by atoms with van der Waals surface area (Å²) in [6, 6.07) is 0. The molecule has 0 heterocycles. The van der Waals surface area contributed by atoms with Gasteiger partial charge in [-0.1, -0.05) is 4.40 Å². The lowest BCUT2D eigenvalue weighted by molar-refractivity contribution is 0.183. The zero-order chi connectivity index (χ0) is 9.61. The van der Waals surface area contributed by atoms with Gasteiger partial charge in [0.2, 0.25) is 0 Å². The summed E-state index contributed by atoms with van der Waals surface area (Å²) in [5, 5.41) is 0. The Morgan fingerprint density at radius 1 is 1.33 bits per heavy atom. The smallest absolute Gasteiger partial charge is 0.400 e. The molecule has 0 saturated heterocycles. The van der Waals surface area contributed by atoms with Gasteiger partial charge in [0.05, 0.1) is 13.2 Å². The minimum atomic E-state index is -3.96. The Hall–Kier alpha value is -0.490. The molecular weight excluding hydrogens is 206 g/mol. The summed E-state index contributed by atoms with van der Waals surface area (Å²) in [6.45, 7) is 3.89. The van der Waals surface area contributed by atoms with E-state index >= 15 is 0 Å². The third kappa shape index (κ3) is 6.23. The molecule has 0 atom stereocenters. The maximum atomic E-state index is 10.4. The number of nitrogens with zero attached hydrogens (tertiary/aromatic N) is 1. The van der Waals surface area contributed by atoms with Gasteiger partial charge in [-0.25, -0.2) is 0 Å². The summed E-state index contributed by atoms with van der Waals surface area (Å²) in [4.78, 5) is 0. The Kier molecular flexibility index (Phi) is 5.00. The van der Waals surface area contributed by atoms with Gasteiger partial charge >= 0.3 is 15.3 Å². The van der Waals surface area contributed by atoms with Crippen LogP contribution in [0, 0.1) is 0 Å². The van der Waals surface area contributed by atoms with Gasteiger partial charge in [0.1, 0.15) is 0 Å². The third-order valence-electron chi connectivity index (χ3n) is 0.719. The molecule has 0 N–H and O–H groups in total. The number of halogens is 1. The third-order valence-corrected chi connectivity index (χ3v) is 1.29. The zero-order valence-corrected chi connectivity index (χ0v) is 8.35. The molecule has 0 spiro atoms. The van der Waals surface area contributed by atoms with E-state index in [1.54, 1.807) is 13.8 Å². The van der Waals surface area contributed by atoms with E-state index in [-0.39, 0.29) is 19.3 Å². The van der Waals surface area contributed by atoms with E-state index in [4.69, 9.17) is 20.2 Å². The normalized spacial score (nSPS) is 10.6. The number of hydrogen-bond donors (Lipinski definition) is 0. The number of rotatable bonds is 3. The molecule has 0 saturated carbocycles. The van der Waals surface area contributed by atoms with Crippen molar-refractivity contribution in [3.05, 3.63) is 0 Å². The van der Waals surface area contributed by atoms with Gasteiger partial charge in [0.15, 0.2) is 0 Å². The van der Waals surface area contributed by atoms with Crippen LogP contribution in [-0.4, -0.2) is 27.7 Å². The van der Waals surface area contributed by atoms with Crippen LogP contribution in [0.15, 0.2) is 4.40 Å². The van der Waals surface area contributed by atoms with Crippen LogP contribution >= 0.6 is 10.7 Å². The molecule has 0 aromatic rings. The monoisotopic (exact) mass is 215 g/mol. The van der Waals surface area contributed by atoms with E-state index < -0.39 is 9.24 Å². The molecule has 5 nitrogen and oxygen atoms in total. The molecule has 0 radical (unpaired) electrons. The largest absolute Gasteiger partial charge is 0.450 e. The van der Waals surface area contributed by atoms with Crippen molar-refractivity contribution >= 4 is 26.0 Å². The first-order chi connectivity index (χ1) is 5.49. The second kappa shape index (κ2) is 5.21. The molecule has 0 aliphatic heterocycles. The fourth-order valence-electron chi connectivity index (χ4n) is 0.430. The molecule has 0 aliphatic carbocycles. The summed E-state index contributed by atoms with van der Waals surface area (Å²) in [6.07, 6.45) is -0.324. The molecule has 0 aliphatic rings. The predicted molar refractivity (Wildman–Crippen MR) is 45.5 cm³/mol. The second-order valence-corrected chi connectivity index (χ2v) is 3.81. The van der Waals surface area contributed by atoms with Crippen molar-refractivity contribution in [2.45, 2.75) is 13.8 Å². The Morgan fingerprint density at radius 2 is 1.75 bits per heavy atom. The van der Waals surface area contributed by atoms with E-state index in [0.717, 1.165) is 0 Å². The van der Waals surface area contributed by atoms with Gasteiger partial charge in [-0.15, -0.1) is 0 Å². The molecule has 0 unspecified atom stereocenters. The minimum absolute atomic E-state index is 0.269. The van der Waals surface area contributed by atoms with Crippen LogP contribution < -0.4 is 0 Å². The molecule has 0 aromatic carbocycles. The van der Waals surface area contributed by atoms with Crippen molar-refractivity contribution in [2.24, 2.45) is 4.40 Å². The Balaban J connectivity index is 4.38. The van der Waals surface area contributed by atoms with Crippen LogP contribution in [0.2, 0.25) is 0 Å². The van der Waals surface area contributed by atoms with Crippen LogP contribution in [0.4, 0.5) is 0 Å². The fourth-order valence-corrected chi connectivity index (χ4v) is 0.883. The highest BCUT2D eigenvalue weighted by Crippen LogP contribution is 2.00. The topological polar surface area (TPSA) is 65.0 Å². The minimum Gasteiger partial charge on any atom is -0.450 e. The van der Waals surface area contributed by atoms with Gasteiger partial charge in [-0.3, -0.25) is 0 Å². The lowest BCUT2D eigenvalue weighted by Gasteiger charge is -2.04. The van der Waals surface area contributed by atoms with Crippen molar-refractivity contribution in [2.75, 3.05) is 13.2 Å². The number of ether oxygens (including phenoxy) is 2. The fraction of sp³-hybridized carbons (Fsp3) is 0.800. The van der Waals surface area contributed by atoms with E-state index in [1.165, 1.54) is 0 Å². The van der Waals surface area contributed by atoms with E-state index in [2.05, 4.69) is 4.40 Å². The van der Waals surface area contributed by atoms with Crippen molar-refractivity contribution in [3.8, 4) is 0 Å². The van der Waals surface area contributed by atoms with E-state index in [9.17, 15) is 8.42 Å². The lowest BCUT2D eigenvalue weighted by Crippen LogP contribution is -2.10. The SMILES string of the molecule is CCOC(=NS(=O)(=O)Cl)OCC. The molecule has 0 aromatic heterocycles. The molecule has 0 amide bonds. The second-order valence-electron chi connectivity index (χ2n) is 1.64. The maximum absolute atomic E-state index is 10.4.